The van der Waals surface area contributed by atoms with Crippen LogP contribution in [0.5, 0.6) is 0 Å². The van der Waals surface area contributed by atoms with Crippen LogP contribution in [0, 0.1) is 17.8 Å². The predicted octanol–water partition coefficient (Wildman–Crippen LogP) is 3.29. The Morgan fingerprint density at radius 1 is 1.12 bits per heavy atom. The lowest BCUT2D eigenvalue weighted by molar-refractivity contribution is 0.566. The van der Waals surface area contributed by atoms with Crippen molar-refractivity contribution in [1.82, 2.24) is 9.97 Å². The summed E-state index contributed by atoms with van der Waals surface area (Å²) in [6.45, 7) is 0. The SMILES string of the molecule is C(#Cc1cc(C2CC2)ncn1)CC1CCCC1. The molecule has 1 aromatic heterocycles. The molecule has 0 bridgehead atoms. The molecule has 2 heteroatoms. The maximum atomic E-state index is 4.31. The second-order valence-electron chi connectivity index (χ2n) is 5.26. The van der Waals surface area contributed by atoms with Crippen molar-refractivity contribution in [3.8, 4) is 11.8 Å². The smallest absolute Gasteiger partial charge is 0.117 e. The van der Waals surface area contributed by atoms with Crippen molar-refractivity contribution in [2.75, 3.05) is 0 Å². The molecule has 2 nitrogen and oxygen atoms in total. The van der Waals surface area contributed by atoms with Crippen LogP contribution in [0.15, 0.2) is 12.4 Å². The number of hydrogen-bond acceptors (Lipinski definition) is 2. The number of aromatic nitrogens is 2. The van der Waals surface area contributed by atoms with Crippen LogP contribution in [-0.4, -0.2) is 9.97 Å². The molecule has 0 aromatic carbocycles. The van der Waals surface area contributed by atoms with Crippen molar-refractivity contribution in [2.24, 2.45) is 5.92 Å². The highest BCUT2D eigenvalue weighted by atomic mass is 14.8. The van der Waals surface area contributed by atoms with Gasteiger partial charge in [0.1, 0.15) is 12.0 Å². The third-order valence-electron chi connectivity index (χ3n) is 3.77. The van der Waals surface area contributed by atoms with Crippen LogP contribution in [0.1, 0.15) is 62.3 Å². The Bertz CT molecular complexity index is 445. The van der Waals surface area contributed by atoms with Gasteiger partial charge < -0.3 is 0 Å². The summed E-state index contributed by atoms with van der Waals surface area (Å²) in [5.74, 6) is 8.01. The quantitative estimate of drug-likeness (QED) is 0.723. The van der Waals surface area contributed by atoms with Crippen molar-refractivity contribution in [3.63, 3.8) is 0 Å². The minimum atomic E-state index is 0.688. The summed E-state index contributed by atoms with van der Waals surface area (Å²) in [4.78, 5) is 8.54. The van der Waals surface area contributed by atoms with E-state index < -0.39 is 0 Å². The van der Waals surface area contributed by atoms with Crippen molar-refractivity contribution in [1.29, 1.82) is 0 Å². The molecule has 0 aliphatic heterocycles. The van der Waals surface area contributed by atoms with Crippen LogP contribution in [0.4, 0.5) is 0 Å². The zero-order valence-corrected chi connectivity index (χ0v) is 10.2. The van der Waals surface area contributed by atoms with Gasteiger partial charge in [0.2, 0.25) is 0 Å². The van der Waals surface area contributed by atoms with Crippen LogP contribution >= 0.6 is 0 Å². The molecular formula is C15H18N2. The first kappa shape index (κ1) is 10.8. The summed E-state index contributed by atoms with van der Waals surface area (Å²) >= 11 is 0. The van der Waals surface area contributed by atoms with E-state index >= 15 is 0 Å². The lowest BCUT2D eigenvalue weighted by Gasteiger charge is -2.00. The Morgan fingerprint density at radius 2 is 1.94 bits per heavy atom. The van der Waals surface area contributed by atoms with Crippen molar-refractivity contribution in [2.45, 2.75) is 50.9 Å². The fourth-order valence-electron chi connectivity index (χ4n) is 2.54. The Kier molecular flexibility index (Phi) is 3.09. The van der Waals surface area contributed by atoms with E-state index in [1.165, 1.54) is 44.2 Å². The minimum absolute atomic E-state index is 0.688. The van der Waals surface area contributed by atoms with Gasteiger partial charge in [-0.3, -0.25) is 0 Å². The van der Waals surface area contributed by atoms with Crippen LogP contribution < -0.4 is 0 Å². The summed E-state index contributed by atoms with van der Waals surface area (Å²) in [5, 5.41) is 0. The summed E-state index contributed by atoms with van der Waals surface area (Å²) in [6.07, 6.45) is 10.8. The fourth-order valence-corrected chi connectivity index (χ4v) is 2.54. The molecule has 0 unspecified atom stereocenters. The van der Waals surface area contributed by atoms with E-state index in [9.17, 15) is 0 Å². The van der Waals surface area contributed by atoms with Crippen molar-refractivity contribution >= 4 is 0 Å². The normalized spacial score (nSPS) is 20.0. The highest BCUT2D eigenvalue weighted by Crippen LogP contribution is 2.38. The third-order valence-corrected chi connectivity index (χ3v) is 3.77. The average Bonchev–Trinajstić information content (AvgIpc) is 3.09. The predicted molar refractivity (Wildman–Crippen MR) is 67.5 cm³/mol. The first-order valence-corrected chi connectivity index (χ1v) is 6.72. The molecule has 17 heavy (non-hydrogen) atoms. The first-order chi connectivity index (χ1) is 8.42. The van der Waals surface area contributed by atoms with Gasteiger partial charge in [0, 0.05) is 18.0 Å². The molecule has 0 saturated heterocycles. The van der Waals surface area contributed by atoms with Crippen molar-refractivity contribution in [3.05, 3.63) is 23.8 Å². The lowest BCUT2D eigenvalue weighted by atomic mass is 10.0. The van der Waals surface area contributed by atoms with Gasteiger partial charge in [-0.15, -0.1) is 0 Å². The number of hydrogen-bond donors (Lipinski definition) is 0. The Hall–Kier alpha value is -1.36. The molecule has 1 aromatic rings. The standard InChI is InChI=1S/C15H18N2/c1-2-5-12(4-1)6-3-7-14-10-15(13-8-9-13)17-11-16-14/h10-13H,1-2,4-6,8-9H2. The lowest BCUT2D eigenvalue weighted by Crippen LogP contribution is -1.92. The van der Waals surface area contributed by atoms with Crippen LogP contribution in [-0.2, 0) is 0 Å². The van der Waals surface area contributed by atoms with E-state index in [0.29, 0.717) is 5.92 Å². The molecule has 2 aliphatic rings. The maximum absolute atomic E-state index is 4.31. The zero-order chi connectivity index (χ0) is 11.5. The molecule has 2 saturated carbocycles. The van der Waals surface area contributed by atoms with Gasteiger partial charge in [0.15, 0.2) is 0 Å². The molecule has 88 valence electrons. The van der Waals surface area contributed by atoms with Gasteiger partial charge in [0.05, 0.1) is 0 Å². The van der Waals surface area contributed by atoms with Gasteiger partial charge >= 0.3 is 0 Å². The van der Waals surface area contributed by atoms with Crippen LogP contribution in [0.2, 0.25) is 0 Å². The maximum Gasteiger partial charge on any atom is 0.117 e. The summed E-state index contributed by atoms with van der Waals surface area (Å²) < 4.78 is 0. The Balaban J connectivity index is 1.63. The fraction of sp³-hybridized carbons (Fsp3) is 0.600. The van der Waals surface area contributed by atoms with Crippen molar-refractivity contribution < 1.29 is 0 Å². The van der Waals surface area contributed by atoms with Gasteiger partial charge in [-0.1, -0.05) is 18.8 Å². The van der Waals surface area contributed by atoms with E-state index in [-0.39, 0.29) is 0 Å². The van der Waals surface area contributed by atoms with E-state index in [1.807, 2.05) is 0 Å². The molecular weight excluding hydrogens is 208 g/mol. The molecule has 0 N–H and O–H groups in total. The summed E-state index contributed by atoms with van der Waals surface area (Å²) in [7, 11) is 0. The zero-order valence-electron chi connectivity index (χ0n) is 10.2. The van der Waals surface area contributed by atoms with E-state index in [0.717, 1.165) is 18.0 Å². The average molecular weight is 226 g/mol. The van der Waals surface area contributed by atoms with E-state index in [2.05, 4.69) is 27.9 Å². The molecule has 0 spiro atoms. The topological polar surface area (TPSA) is 25.8 Å². The molecule has 2 aliphatic carbocycles. The second-order valence-corrected chi connectivity index (χ2v) is 5.26. The summed E-state index contributed by atoms with van der Waals surface area (Å²) in [5.41, 5.74) is 2.09. The Labute approximate surface area is 103 Å². The van der Waals surface area contributed by atoms with Crippen LogP contribution in [0.25, 0.3) is 0 Å². The number of rotatable bonds is 2. The summed E-state index contributed by atoms with van der Waals surface area (Å²) in [6, 6.07) is 2.07. The van der Waals surface area contributed by atoms with Crippen LogP contribution in [0.3, 0.4) is 0 Å². The van der Waals surface area contributed by atoms with Gasteiger partial charge in [-0.05, 0) is 43.6 Å². The molecule has 2 fully saturated rings. The molecule has 0 amide bonds. The minimum Gasteiger partial charge on any atom is -0.241 e. The van der Waals surface area contributed by atoms with E-state index in [4.69, 9.17) is 0 Å². The highest BCUT2D eigenvalue weighted by molar-refractivity contribution is 5.30. The number of nitrogens with zero attached hydrogens (tertiary/aromatic N) is 2. The molecule has 1 heterocycles. The third kappa shape index (κ3) is 2.85. The molecule has 0 atom stereocenters. The van der Waals surface area contributed by atoms with E-state index in [1.54, 1.807) is 6.33 Å². The van der Waals surface area contributed by atoms with Gasteiger partial charge in [0.25, 0.3) is 0 Å². The monoisotopic (exact) mass is 226 g/mol. The largest absolute Gasteiger partial charge is 0.241 e. The molecule has 0 radical (unpaired) electrons. The highest BCUT2D eigenvalue weighted by Gasteiger charge is 2.24. The first-order valence-electron chi connectivity index (χ1n) is 6.72. The van der Waals surface area contributed by atoms with Gasteiger partial charge in [-0.2, -0.15) is 0 Å². The second kappa shape index (κ2) is 4.87. The Morgan fingerprint density at radius 3 is 2.71 bits per heavy atom. The molecule has 3 rings (SSSR count). The van der Waals surface area contributed by atoms with Gasteiger partial charge in [-0.25, -0.2) is 9.97 Å².